The summed E-state index contributed by atoms with van der Waals surface area (Å²) < 4.78 is 1.68. The normalized spacial score (nSPS) is 13.3. The molecule has 1 aliphatic rings. The summed E-state index contributed by atoms with van der Waals surface area (Å²) in [7, 11) is 1.80. The molecule has 1 amide bonds. The molecule has 0 fully saturated rings. The van der Waals surface area contributed by atoms with Crippen molar-refractivity contribution in [2.45, 2.75) is 39.5 Å². The van der Waals surface area contributed by atoms with Crippen molar-refractivity contribution in [2.75, 3.05) is 5.32 Å². The fraction of sp³-hybridized carbons (Fsp3) is 0.412. The molecule has 0 spiro atoms. The molecule has 0 aromatic carbocycles. The first kappa shape index (κ1) is 15.2. The molecule has 23 heavy (non-hydrogen) atoms. The Morgan fingerprint density at radius 2 is 2.09 bits per heavy atom. The number of rotatable bonds is 2. The molecular formula is C17H19N5O. The Kier molecular flexibility index (Phi) is 3.87. The van der Waals surface area contributed by atoms with Gasteiger partial charge in [-0.2, -0.15) is 10.4 Å². The second kappa shape index (κ2) is 5.84. The van der Waals surface area contributed by atoms with Crippen molar-refractivity contribution in [3.8, 4) is 6.07 Å². The summed E-state index contributed by atoms with van der Waals surface area (Å²) in [6, 6.07) is 4.00. The van der Waals surface area contributed by atoms with E-state index >= 15 is 0 Å². The van der Waals surface area contributed by atoms with E-state index < -0.39 is 0 Å². The van der Waals surface area contributed by atoms with E-state index in [1.54, 1.807) is 18.7 Å². The summed E-state index contributed by atoms with van der Waals surface area (Å²) in [6.45, 7) is 3.65. The summed E-state index contributed by atoms with van der Waals surface area (Å²) in [4.78, 5) is 17.1. The minimum atomic E-state index is -0.271. The van der Waals surface area contributed by atoms with Crippen LogP contribution >= 0.6 is 0 Å². The molecule has 2 aromatic heterocycles. The van der Waals surface area contributed by atoms with E-state index in [1.807, 2.05) is 13.0 Å². The molecular weight excluding hydrogens is 290 g/mol. The van der Waals surface area contributed by atoms with E-state index in [-0.39, 0.29) is 5.91 Å². The topological polar surface area (TPSA) is 83.6 Å². The van der Waals surface area contributed by atoms with Gasteiger partial charge in [0.1, 0.15) is 6.07 Å². The zero-order valence-electron chi connectivity index (χ0n) is 13.6. The van der Waals surface area contributed by atoms with Crippen LogP contribution in [0.2, 0.25) is 0 Å². The van der Waals surface area contributed by atoms with E-state index in [9.17, 15) is 10.1 Å². The third-order valence-electron chi connectivity index (χ3n) is 4.39. The van der Waals surface area contributed by atoms with Gasteiger partial charge in [-0.15, -0.1) is 0 Å². The first-order valence-electron chi connectivity index (χ1n) is 7.75. The maximum atomic E-state index is 12.6. The number of anilines is 1. The van der Waals surface area contributed by atoms with Crippen molar-refractivity contribution in [1.82, 2.24) is 14.8 Å². The number of fused-ring (bicyclic) bond motifs is 1. The number of nitrogens with zero attached hydrogens (tertiary/aromatic N) is 4. The molecule has 0 saturated heterocycles. The smallest absolute Gasteiger partial charge is 0.260 e. The number of aromatic nitrogens is 3. The molecule has 2 heterocycles. The molecule has 118 valence electrons. The maximum absolute atomic E-state index is 12.6. The van der Waals surface area contributed by atoms with Crippen molar-refractivity contribution in [3.63, 3.8) is 0 Å². The number of nitriles is 1. The summed E-state index contributed by atoms with van der Waals surface area (Å²) in [6.07, 6.45) is 4.07. The van der Waals surface area contributed by atoms with Crippen molar-refractivity contribution in [1.29, 1.82) is 5.26 Å². The minimum absolute atomic E-state index is 0.271. The average Bonchev–Trinajstić information content (AvgIpc) is 2.79. The minimum Gasteiger partial charge on any atom is -0.305 e. The predicted molar refractivity (Wildman–Crippen MR) is 86.2 cm³/mol. The van der Waals surface area contributed by atoms with E-state index in [0.717, 1.165) is 42.6 Å². The number of hydrogen-bond acceptors (Lipinski definition) is 4. The van der Waals surface area contributed by atoms with Crippen LogP contribution in [-0.4, -0.2) is 20.7 Å². The molecule has 0 bridgehead atoms. The van der Waals surface area contributed by atoms with Gasteiger partial charge in [-0.3, -0.25) is 9.48 Å². The van der Waals surface area contributed by atoms with Gasteiger partial charge in [0.25, 0.3) is 5.91 Å². The fourth-order valence-electron chi connectivity index (χ4n) is 3.09. The van der Waals surface area contributed by atoms with Gasteiger partial charge in [0.2, 0.25) is 0 Å². The summed E-state index contributed by atoms with van der Waals surface area (Å²) >= 11 is 0. The lowest BCUT2D eigenvalue weighted by atomic mass is 9.95. The van der Waals surface area contributed by atoms with Crippen molar-refractivity contribution >= 4 is 11.7 Å². The number of pyridine rings is 1. The second-order valence-corrected chi connectivity index (χ2v) is 5.93. The van der Waals surface area contributed by atoms with Crippen LogP contribution in [0.1, 0.15) is 51.4 Å². The Labute approximate surface area is 135 Å². The van der Waals surface area contributed by atoms with E-state index in [2.05, 4.69) is 21.5 Å². The molecule has 0 aliphatic heterocycles. The highest BCUT2D eigenvalue weighted by Crippen LogP contribution is 2.25. The highest BCUT2D eigenvalue weighted by molar-refractivity contribution is 6.05. The van der Waals surface area contributed by atoms with E-state index in [0.29, 0.717) is 22.6 Å². The Morgan fingerprint density at radius 1 is 1.35 bits per heavy atom. The molecule has 6 heteroatoms. The Morgan fingerprint density at radius 3 is 2.74 bits per heavy atom. The van der Waals surface area contributed by atoms with E-state index in [4.69, 9.17) is 0 Å². The van der Waals surface area contributed by atoms with Crippen LogP contribution in [0.3, 0.4) is 0 Å². The number of hydrogen-bond donors (Lipinski definition) is 1. The fourth-order valence-corrected chi connectivity index (χ4v) is 3.09. The highest BCUT2D eigenvalue weighted by Gasteiger charge is 2.21. The number of carbonyl (C=O) groups excluding carboxylic acids is 1. The number of nitrogens with one attached hydrogen (secondary N) is 1. The maximum Gasteiger partial charge on any atom is 0.260 e. The summed E-state index contributed by atoms with van der Waals surface area (Å²) in [5.41, 5.74) is 4.52. The Bertz CT molecular complexity index is 828. The van der Waals surface area contributed by atoms with Gasteiger partial charge in [0.05, 0.1) is 16.8 Å². The van der Waals surface area contributed by atoms with Crippen molar-refractivity contribution in [3.05, 3.63) is 39.8 Å². The molecule has 6 nitrogen and oxygen atoms in total. The molecule has 1 N–H and O–H groups in total. The standard InChI is InChI=1S/C17H19N5O/c1-10-15(11(2)22(3)21-10)17(23)20-16-13(9-18)8-12-6-4-5-7-14(12)19-16/h8H,4-7H2,1-3H3,(H,19,20,23). The predicted octanol–water partition coefficient (Wildman–Crippen LogP) is 2.43. The monoisotopic (exact) mass is 309 g/mol. The molecule has 0 atom stereocenters. The van der Waals surface area contributed by atoms with Gasteiger partial charge in [-0.1, -0.05) is 0 Å². The number of aryl methyl sites for hydroxylation is 4. The molecule has 0 saturated carbocycles. The lowest BCUT2D eigenvalue weighted by molar-refractivity contribution is 0.102. The highest BCUT2D eigenvalue weighted by atomic mass is 16.1. The zero-order chi connectivity index (χ0) is 16.6. The molecule has 1 aliphatic carbocycles. The zero-order valence-corrected chi connectivity index (χ0v) is 13.6. The molecule has 3 rings (SSSR count). The number of amides is 1. The van der Waals surface area contributed by atoms with Crippen molar-refractivity contribution < 1.29 is 4.79 Å². The van der Waals surface area contributed by atoms with Crippen LogP contribution in [0.4, 0.5) is 5.82 Å². The van der Waals surface area contributed by atoms with Gasteiger partial charge in [0.15, 0.2) is 5.82 Å². The van der Waals surface area contributed by atoms with Crippen LogP contribution in [0.25, 0.3) is 0 Å². The van der Waals surface area contributed by atoms with Gasteiger partial charge in [-0.05, 0) is 51.2 Å². The molecule has 2 aromatic rings. The van der Waals surface area contributed by atoms with Gasteiger partial charge in [-0.25, -0.2) is 4.98 Å². The molecule has 0 radical (unpaired) electrons. The van der Waals surface area contributed by atoms with Crippen molar-refractivity contribution in [2.24, 2.45) is 7.05 Å². The quantitative estimate of drug-likeness (QED) is 0.923. The van der Waals surface area contributed by atoms with E-state index in [1.165, 1.54) is 0 Å². The van der Waals surface area contributed by atoms with Crippen LogP contribution in [0, 0.1) is 25.2 Å². The first-order valence-corrected chi connectivity index (χ1v) is 7.75. The van der Waals surface area contributed by atoms with Gasteiger partial charge < -0.3 is 5.32 Å². The van der Waals surface area contributed by atoms with Crippen LogP contribution < -0.4 is 5.32 Å². The second-order valence-electron chi connectivity index (χ2n) is 5.93. The lowest BCUT2D eigenvalue weighted by Crippen LogP contribution is -2.18. The SMILES string of the molecule is Cc1nn(C)c(C)c1C(=O)Nc1nc2c(cc1C#N)CCCC2. The third-order valence-corrected chi connectivity index (χ3v) is 4.39. The Hall–Kier alpha value is -2.68. The van der Waals surface area contributed by atoms with Gasteiger partial charge in [0, 0.05) is 18.4 Å². The largest absolute Gasteiger partial charge is 0.305 e. The average molecular weight is 309 g/mol. The first-order chi connectivity index (χ1) is 11.0. The van der Waals surface area contributed by atoms with Crippen LogP contribution in [0.15, 0.2) is 6.07 Å². The van der Waals surface area contributed by atoms with Crippen LogP contribution in [0.5, 0.6) is 0 Å². The van der Waals surface area contributed by atoms with Gasteiger partial charge >= 0.3 is 0 Å². The molecule has 0 unspecified atom stereocenters. The number of carbonyl (C=O) groups is 1. The lowest BCUT2D eigenvalue weighted by Gasteiger charge is -2.17. The summed E-state index contributed by atoms with van der Waals surface area (Å²) in [5, 5.41) is 16.4. The van der Waals surface area contributed by atoms with Crippen LogP contribution in [-0.2, 0) is 19.9 Å². The Balaban J connectivity index is 1.96. The summed E-state index contributed by atoms with van der Waals surface area (Å²) in [5.74, 6) is 0.0775. The third kappa shape index (κ3) is 2.70.